The molecule has 0 radical (unpaired) electrons. The molecular weight excluding hydrogens is 236 g/mol. The van der Waals surface area contributed by atoms with E-state index in [4.69, 9.17) is 26.2 Å². The van der Waals surface area contributed by atoms with E-state index in [0.717, 1.165) is 16.8 Å². The Balaban J connectivity index is 1.91. The van der Waals surface area contributed by atoms with Crippen LogP contribution < -0.4 is 11.6 Å². The van der Waals surface area contributed by atoms with Crippen molar-refractivity contribution in [1.29, 1.82) is 0 Å². The molecule has 2 aliphatic heterocycles. The lowest BCUT2D eigenvalue weighted by Crippen LogP contribution is -2.39. The summed E-state index contributed by atoms with van der Waals surface area (Å²) in [6.07, 6.45) is 2.37. The lowest BCUT2D eigenvalue weighted by atomic mass is 9.99. The molecule has 3 rings (SSSR count). The van der Waals surface area contributed by atoms with Crippen molar-refractivity contribution in [2.24, 2.45) is 11.6 Å². The smallest absolute Gasteiger partial charge is 0.181 e. The fourth-order valence-corrected chi connectivity index (χ4v) is 2.30. The van der Waals surface area contributed by atoms with Gasteiger partial charge in [-0.15, -0.1) is 0 Å². The molecule has 1 fully saturated rings. The maximum absolute atomic E-state index is 9.00. The van der Waals surface area contributed by atoms with Gasteiger partial charge in [0.15, 0.2) is 6.29 Å². The van der Waals surface area contributed by atoms with Crippen LogP contribution >= 0.6 is 0 Å². The van der Waals surface area contributed by atoms with Gasteiger partial charge in [0.25, 0.3) is 0 Å². The Kier molecular flexibility index (Phi) is 2.84. The largest absolute Gasteiger partial charge is 0.391 e. The van der Waals surface area contributed by atoms with E-state index in [0.29, 0.717) is 6.61 Å². The van der Waals surface area contributed by atoms with Crippen LogP contribution in [-0.2, 0) is 9.47 Å². The number of hydrogen-bond acceptors (Lipinski definition) is 6. The number of aliphatic hydroxyl groups excluding tert-OH is 1. The van der Waals surface area contributed by atoms with Gasteiger partial charge in [-0.25, -0.2) is 5.84 Å². The maximum Gasteiger partial charge on any atom is 0.181 e. The predicted molar refractivity (Wildman–Crippen MR) is 63.4 cm³/mol. The van der Waals surface area contributed by atoms with Crippen molar-refractivity contribution in [3.8, 4) is 0 Å². The van der Waals surface area contributed by atoms with E-state index >= 15 is 0 Å². The van der Waals surface area contributed by atoms with Gasteiger partial charge in [-0.05, 0) is 6.07 Å². The van der Waals surface area contributed by atoms with E-state index in [1.54, 1.807) is 6.20 Å². The number of hydrogen-bond donors (Lipinski definition) is 4. The first-order chi connectivity index (χ1) is 8.70. The zero-order chi connectivity index (χ0) is 12.7. The zero-order valence-electron chi connectivity index (χ0n) is 9.74. The van der Waals surface area contributed by atoms with Crippen molar-refractivity contribution in [3.05, 3.63) is 29.7 Å². The molecule has 6 N–H and O–H groups in total. The molecule has 2 aliphatic rings. The fraction of sp³-hybridized carbons (Fsp3) is 0.455. The fourth-order valence-electron chi connectivity index (χ4n) is 2.30. The maximum atomic E-state index is 9.00. The summed E-state index contributed by atoms with van der Waals surface area (Å²) in [4.78, 5) is 3.14. The minimum atomic E-state index is -0.573. The molecule has 3 heterocycles. The Bertz CT molecular complexity index is 473. The molecule has 0 spiro atoms. The highest BCUT2D eigenvalue weighted by molar-refractivity contribution is 5.71. The van der Waals surface area contributed by atoms with Crippen molar-refractivity contribution in [1.82, 2.24) is 9.99 Å². The van der Waals surface area contributed by atoms with Crippen LogP contribution in [0.3, 0.4) is 0 Å². The molecular formula is C11H16N4O3. The predicted octanol–water partition coefficient (Wildman–Crippen LogP) is -0.764. The average Bonchev–Trinajstić information content (AvgIpc) is 3.02. The van der Waals surface area contributed by atoms with E-state index in [1.807, 2.05) is 12.3 Å². The van der Waals surface area contributed by atoms with Gasteiger partial charge in [0.2, 0.25) is 0 Å². The van der Waals surface area contributed by atoms with Crippen LogP contribution in [0.4, 0.5) is 0 Å². The normalized spacial score (nSPS) is 31.4. The van der Waals surface area contributed by atoms with E-state index in [-0.39, 0.29) is 18.9 Å². The number of H-pyrrole nitrogens is 1. The number of nitrogens with two attached hydrogens (primary N) is 2. The first-order valence-electron chi connectivity index (χ1n) is 5.76. The monoisotopic (exact) mass is 252 g/mol. The summed E-state index contributed by atoms with van der Waals surface area (Å²) >= 11 is 0. The van der Waals surface area contributed by atoms with Crippen molar-refractivity contribution >= 4 is 5.57 Å². The summed E-state index contributed by atoms with van der Waals surface area (Å²) in [5, 5.41) is 10.4. The summed E-state index contributed by atoms with van der Waals surface area (Å²) < 4.78 is 10.9. The second kappa shape index (κ2) is 4.38. The van der Waals surface area contributed by atoms with Crippen LogP contribution in [-0.4, -0.2) is 40.7 Å². The Morgan fingerprint density at radius 1 is 1.56 bits per heavy atom. The Labute approximate surface area is 104 Å². The number of rotatable bonds is 2. The van der Waals surface area contributed by atoms with Crippen molar-refractivity contribution in [2.45, 2.75) is 18.6 Å². The molecule has 0 saturated carbocycles. The molecule has 7 nitrogen and oxygen atoms in total. The second-order valence-corrected chi connectivity index (χ2v) is 4.35. The van der Waals surface area contributed by atoms with Gasteiger partial charge in [-0.3, -0.25) is 5.01 Å². The number of hydrazine groups is 1. The summed E-state index contributed by atoms with van der Waals surface area (Å²) in [6.45, 7) is 0.228. The van der Waals surface area contributed by atoms with Crippen LogP contribution in [0.2, 0.25) is 0 Å². The van der Waals surface area contributed by atoms with Crippen LogP contribution in [0, 0.1) is 0 Å². The Morgan fingerprint density at radius 3 is 3.11 bits per heavy atom. The molecule has 0 amide bonds. The molecule has 0 aliphatic carbocycles. The zero-order valence-corrected chi connectivity index (χ0v) is 9.74. The molecule has 7 heteroatoms. The number of aliphatic hydroxyl groups is 1. The topological polar surface area (TPSA) is 110 Å². The van der Waals surface area contributed by atoms with Gasteiger partial charge in [0.05, 0.1) is 18.9 Å². The molecule has 1 aromatic heterocycles. The standard InChI is InChI=1S/C11H16N4O3/c12-11-6-1-2-14-10(6)7(3-15(11)13)8-5-17-9(4-16)18-8/h1-3,8-9,11,14,16H,4-5,12-13H2/t8-,9+,11?/m0/s1. The first kappa shape index (κ1) is 11.7. The molecule has 98 valence electrons. The van der Waals surface area contributed by atoms with Crippen molar-refractivity contribution in [2.75, 3.05) is 13.2 Å². The highest BCUT2D eigenvalue weighted by Gasteiger charge is 2.34. The molecule has 0 aromatic carbocycles. The van der Waals surface area contributed by atoms with Gasteiger partial charge in [-0.1, -0.05) is 0 Å². The quantitative estimate of drug-likeness (QED) is 0.515. The molecule has 1 unspecified atom stereocenters. The van der Waals surface area contributed by atoms with E-state index in [2.05, 4.69) is 4.98 Å². The Hall–Kier alpha value is -1.38. The summed E-state index contributed by atoms with van der Waals surface area (Å²) in [7, 11) is 0. The van der Waals surface area contributed by atoms with Crippen LogP contribution in [0.5, 0.6) is 0 Å². The lowest BCUT2D eigenvalue weighted by Gasteiger charge is -2.30. The third-order valence-corrected chi connectivity index (χ3v) is 3.24. The highest BCUT2D eigenvalue weighted by Crippen LogP contribution is 2.34. The van der Waals surface area contributed by atoms with Gasteiger partial charge in [-0.2, -0.15) is 0 Å². The van der Waals surface area contributed by atoms with E-state index < -0.39 is 6.29 Å². The lowest BCUT2D eigenvalue weighted by molar-refractivity contribution is -0.0813. The van der Waals surface area contributed by atoms with Crippen LogP contribution in [0.1, 0.15) is 17.4 Å². The number of aromatic nitrogens is 1. The molecule has 18 heavy (non-hydrogen) atoms. The minimum absolute atomic E-state index is 0.160. The van der Waals surface area contributed by atoms with Gasteiger partial charge in [0.1, 0.15) is 12.3 Å². The Morgan fingerprint density at radius 2 is 2.39 bits per heavy atom. The minimum Gasteiger partial charge on any atom is -0.391 e. The summed E-state index contributed by atoms with van der Waals surface area (Å²) in [5.74, 6) is 5.85. The van der Waals surface area contributed by atoms with Crippen LogP contribution in [0.25, 0.3) is 5.57 Å². The third kappa shape index (κ3) is 1.73. The number of ether oxygens (including phenoxy) is 2. The number of nitrogens with zero attached hydrogens (tertiary/aromatic N) is 1. The third-order valence-electron chi connectivity index (χ3n) is 3.24. The van der Waals surface area contributed by atoms with Gasteiger partial charge >= 0.3 is 0 Å². The van der Waals surface area contributed by atoms with Gasteiger partial charge in [0, 0.05) is 23.5 Å². The average molecular weight is 252 g/mol. The first-order valence-corrected chi connectivity index (χ1v) is 5.76. The summed E-state index contributed by atoms with van der Waals surface area (Å²) in [5.41, 5.74) is 8.69. The van der Waals surface area contributed by atoms with Gasteiger partial charge < -0.3 is 25.3 Å². The van der Waals surface area contributed by atoms with E-state index in [1.165, 1.54) is 5.01 Å². The molecule has 3 atom stereocenters. The molecule has 1 saturated heterocycles. The van der Waals surface area contributed by atoms with Crippen LogP contribution in [0.15, 0.2) is 18.5 Å². The molecule has 0 bridgehead atoms. The highest BCUT2D eigenvalue weighted by atomic mass is 16.7. The van der Waals surface area contributed by atoms with E-state index in [9.17, 15) is 0 Å². The number of fused-ring (bicyclic) bond motifs is 1. The SMILES string of the molecule is NC1c2cc[nH]c2C([C@@H]2CO[C@@H](CO)O2)=CN1N. The second-order valence-electron chi connectivity index (χ2n) is 4.35. The number of nitrogens with one attached hydrogen (secondary N) is 1. The number of aromatic amines is 1. The summed E-state index contributed by atoms with van der Waals surface area (Å²) in [6, 6.07) is 1.90. The van der Waals surface area contributed by atoms with Crippen molar-refractivity contribution in [3.63, 3.8) is 0 Å². The molecule has 1 aromatic rings. The van der Waals surface area contributed by atoms with Crippen molar-refractivity contribution < 1.29 is 14.6 Å².